The van der Waals surface area contributed by atoms with Gasteiger partial charge in [0.2, 0.25) is 12.4 Å². The van der Waals surface area contributed by atoms with Gasteiger partial charge in [-0.1, -0.05) is 0 Å². The molecule has 0 spiro atoms. The van der Waals surface area contributed by atoms with Crippen LogP contribution >= 0.6 is 0 Å². The van der Waals surface area contributed by atoms with E-state index in [4.69, 9.17) is 10.2 Å². The Kier molecular flexibility index (Phi) is 4.43. The average molecular weight is 260 g/mol. The van der Waals surface area contributed by atoms with Crippen molar-refractivity contribution in [3.05, 3.63) is 10.4 Å². The fraction of sp³-hybridized carbons (Fsp3) is 0.600. The molecule has 0 saturated carbocycles. The monoisotopic (exact) mass is 260 g/mol. The molecule has 0 fully saturated rings. The van der Waals surface area contributed by atoms with E-state index in [9.17, 15) is 20.0 Å². The smallest absolute Gasteiger partial charge is 0.376 e. The van der Waals surface area contributed by atoms with E-state index in [1.54, 1.807) is 0 Å². The van der Waals surface area contributed by atoms with Crippen LogP contribution in [0.4, 0.5) is 0 Å². The quantitative estimate of drug-likeness (QED) is 0.307. The van der Waals surface area contributed by atoms with E-state index in [-0.39, 0.29) is 9.48 Å². The van der Waals surface area contributed by atoms with Gasteiger partial charge in [0.25, 0.3) is 11.1 Å². The third kappa shape index (κ3) is 3.19. The third-order valence-corrected chi connectivity index (χ3v) is 2.49. The lowest BCUT2D eigenvalue weighted by molar-refractivity contribution is -0.532. The normalized spacial score (nSPS) is 14.4. The Morgan fingerprint density at radius 1 is 0.889 bits per heavy atom. The van der Waals surface area contributed by atoms with Crippen LogP contribution < -0.4 is 0 Å². The molecule has 8 heteroatoms. The van der Waals surface area contributed by atoms with Gasteiger partial charge in [-0.3, -0.25) is 0 Å². The molecule has 0 radical (unpaired) electrons. The van der Waals surface area contributed by atoms with Gasteiger partial charge in [-0.2, -0.15) is 9.48 Å². The van der Waals surface area contributed by atoms with Crippen LogP contribution in [0, 0.1) is 10.4 Å². The number of carboxylic acids is 2. The van der Waals surface area contributed by atoms with Gasteiger partial charge in [0, 0.05) is 27.7 Å². The Bertz CT molecular complexity index is 382. The lowest BCUT2D eigenvalue weighted by Crippen LogP contribution is -2.44. The molecule has 0 aliphatic carbocycles. The number of aliphatic carboxylic acids is 2. The average Bonchev–Trinajstić information content (AvgIpc) is 2.24. The van der Waals surface area contributed by atoms with Crippen LogP contribution in [0.25, 0.3) is 0 Å². The van der Waals surface area contributed by atoms with E-state index in [0.29, 0.717) is 12.4 Å². The number of nitrogens with zero attached hydrogens (tertiary/aromatic N) is 2. The summed E-state index contributed by atoms with van der Waals surface area (Å²) in [5.74, 6) is -2.73. The van der Waals surface area contributed by atoms with Crippen LogP contribution in [-0.2, 0) is 9.59 Å². The topological polar surface area (TPSA) is 127 Å². The molecule has 0 atom stereocenters. The number of hydrogen-bond acceptors (Lipinski definition) is 4. The van der Waals surface area contributed by atoms with Gasteiger partial charge < -0.3 is 20.6 Å². The molecule has 0 aromatic carbocycles. The summed E-state index contributed by atoms with van der Waals surface area (Å²) >= 11 is 0. The summed E-state index contributed by atoms with van der Waals surface area (Å²) < 4.78 is 0.135. The Morgan fingerprint density at radius 3 is 1.28 bits per heavy atom. The summed E-state index contributed by atoms with van der Waals surface area (Å²) in [6.45, 7) is 4.63. The summed E-state index contributed by atoms with van der Waals surface area (Å²) in [4.78, 5) is 21.5. The maximum Gasteiger partial charge on any atom is 0.376 e. The Labute approximate surface area is 104 Å². The standard InChI is InChI=1S/C10H16N2O6/c1-9(2,7(13)14)11(17)5-6-12(18)10(3,4)8(15)16/h5-6H,1-4H3,(H,13,14)(H,15,16)/b11-5-,12-6-. The molecule has 0 heterocycles. The summed E-state index contributed by atoms with van der Waals surface area (Å²) in [5.41, 5.74) is -3.49. The predicted molar refractivity (Wildman–Crippen MR) is 62.8 cm³/mol. The lowest BCUT2D eigenvalue weighted by Gasteiger charge is -2.20. The maximum atomic E-state index is 11.4. The minimum atomic E-state index is -1.75. The molecule has 102 valence electrons. The van der Waals surface area contributed by atoms with Crippen molar-refractivity contribution >= 4 is 24.4 Å². The number of carboxylic acid groups (broad SMARTS) is 2. The van der Waals surface area contributed by atoms with Gasteiger partial charge in [0.15, 0.2) is 0 Å². The van der Waals surface area contributed by atoms with Crippen molar-refractivity contribution in [3.63, 3.8) is 0 Å². The first-order valence-corrected chi connectivity index (χ1v) is 5.02. The van der Waals surface area contributed by atoms with Gasteiger partial charge in [-0.15, -0.1) is 0 Å². The van der Waals surface area contributed by atoms with Crippen LogP contribution in [0.3, 0.4) is 0 Å². The molecule has 18 heavy (non-hydrogen) atoms. The Hall–Kier alpha value is -2.12. The van der Waals surface area contributed by atoms with Crippen molar-refractivity contribution in [1.82, 2.24) is 0 Å². The fourth-order valence-electron chi connectivity index (χ4n) is 0.682. The number of hydrogen-bond donors (Lipinski definition) is 2. The summed E-state index contributed by atoms with van der Waals surface area (Å²) in [6, 6.07) is 0. The van der Waals surface area contributed by atoms with E-state index in [0.717, 1.165) is 27.7 Å². The molecule has 2 N–H and O–H groups in total. The summed E-state index contributed by atoms with van der Waals surface area (Å²) in [7, 11) is 0. The van der Waals surface area contributed by atoms with Crippen molar-refractivity contribution in [3.8, 4) is 0 Å². The number of rotatable bonds is 5. The minimum absolute atomic E-state index is 0.0676. The summed E-state index contributed by atoms with van der Waals surface area (Å²) in [6.07, 6.45) is 1.37. The first-order chi connectivity index (χ1) is 7.94. The molecular formula is C10H16N2O6. The van der Waals surface area contributed by atoms with E-state index in [1.807, 2.05) is 0 Å². The lowest BCUT2D eigenvalue weighted by atomic mass is 10.1. The van der Waals surface area contributed by atoms with Crippen molar-refractivity contribution in [2.24, 2.45) is 0 Å². The molecular weight excluding hydrogens is 244 g/mol. The first-order valence-electron chi connectivity index (χ1n) is 5.02. The van der Waals surface area contributed by atoms with Gasteiger partial charge in [0.1, 0.15) is 0 Å². The molecule has 0 bridgehead atoms. The van der Waals surface area contributed by atoms with Gasteiger partial charge >= 0.3 is 11.9 Å². The molecule has 0 aromatic heterocycles. The molecule has 0 unspecified atom stereocenters. The van der Waals surface area contributed by atoms with Crippen LogP contribution in [0.1, 0.15) is 27.7 Å². The molecule has 0 aliphatic rings. The summed E-state index contributed by atoms with van der Waals surface area (Å²) in [5, 5.41) is 40.4. The highest BCUT2D eigenvalue weighted by Gasteiger charge is 2.38. The second-order valence-electron chi connectivity index (χ2n) is 4.68. The molecule has 8 nitrogen and oxygen atoms in total. The van der Waals surface area contributed by atoms with Crippen molar-refractivity contribution in [2.45, 2.75) is 38.8 Å². The van der Waals surface area contributed by atoms with Crippen LogP contribution in [0.2, 0.25) is 0 Å². The second-order valence-corrected chi connectivity index (χ2v) is 4.68. The fourth-order valence-corrected chi connectivity index (χ4v) is 0.682. The highest BCUT2D eigenvalue weighted by molar-refractivity contribution is 6.11. The van der Waals surface area contributed by atoms with Gasteiger partial charge in [0.05, 0.1) is 0 Å². The zero-order valence-electron chi connectivity index (χ0n) is 10.6. The zero-order valence-corrected chi connectivity index (χ0v) is 10.6. The molecule has 0 saturated heterocycles. The van der Waals surface area contributed by atoms with Crippen molar-refractivity contribution in [1.29, 1.82) is 0 Å². The maximum absolute atomic E-state index is 11.4. The van der Waals surface area contributed by atoms with Crippen LogP contribution in [0.5, 0.6) is 0 Å². The molecule has 0 rings (SSSR count). The molecule has 0 aliphatic heterocycles. The van der Waals surface area contributed by atoms with Crippen LogP contribution in [-0.4, -0.2) is 55.1 Å². The Balaban J connectivity index is 5.26. The largest absolute Gasteiger partial charge is 0.623 e. The minimum Gasteiger partial charge on any atom is -0.623 e. The van der Waals surface area contributed by atoms with Gasteiger partial charge in [-0.05, 0) is 0 Å². The molecule has 0 amide bonds. The van der Waals surface area contributed by atoms with Crippen molar-refractivity contribution in [2.75, 3.05) is 0 Å². The third-order valence-electron chi connectivity index (χ3n) is 2.49. The van der Waals surface area contributed by atoms with Gasteiger partial charge in [-0.25, -0.2) is 9.59 Å². The van der Waals surface area contributed by atoms with E-state index >= 15 is 0 Å². The first kappa shape index (κ1) is 15.9. The van der Waals surface area contributed by atoms with Crippen LogP contribution in [0.15, 0.2) is 0 Å². The van der Waals surface area contributed by atoms with Crippen molar-refractivity contribution < 1.29 is 29.3 Å². The van der Waals surface area contributed by atoms with E-state index in [2.05, 4.69) is 0 Å². The second kappa shape index (κ2) is 5.03. The number of carbonyl (C=O) groups is 2. The highest BCUT2D eigenvalue weighted by atomic mass is 16.5. The number of hydroxylamine groups is 2. The molecule has 0 aromatic rings. The SMILES string of the molecule is CC(C)(C(=O)O)/[N+]([O-])=C/C=[N+](\[O-])C(C)(C)C(=O)O. The highest BCUT2D eigenvalue weighted by Crippen LogP contribution is 2.08. The van der Waals surface area contributed by atoms with E-state index in [1.165, 1.54) is 0 Å². The van der Waals surface area contributed by atoms with E-state index < -0.39 is 23.0 Å². The zero-order chi connectivity index (χ0) is 14.7. The Morgan fingerprint density at radius 2 is 1.11 bits per heavy atom. The predicted octanol–water partition coefficient (Wildman–Crippen LogP) is -0.125.